The molecule has 4 heteroatoms. The zero-order valence-electron chi connectivity index (χ0n) is 3.63. The highest BCUT2D eigenvalue weighted by molar-refractivity contribution is 7.99. The number of rotatable bonds is 3. The molecule has 0 spiro atoms. The Kier molecular flexibility index (Phi) is 3.83. The van der Waals surface area contributed by atoms with Gasteiger partial charge in [0.1, 0.15) is 0 Å². The van der Waals surface area contributed by atoms with Crippen LogP contribution in [0.3, 0.4) is 0 Å². The molecular formula is C3H6O3S. The summed E-state index contributed by atoms with van der Waals surface area (Å²) in [4.78, 5) is 9.63. The summed E-state index contributed by atoms with van der Waals surface area (Å²) in [5.41, 5.74) is 0. The molecule has 7 heavy (non-hydrogen) atoms. The van der Waals surface area contributed by atoms with Gasteiger partial charge in [-0.2, -0.15) is 0 Å². The molecule has 0 unspecified atom stereocenters. The third kappa shape index (κ3) is 5.78. The van der Waals surface area contributed by atoms with Crippen LogP contribution in [-0.4, -0.2) is 27.9 Å². The Morgan fingerprint density at radius 3 is 2.43 bits per heavy atom. The van der Waals surface area contributed by atoms with E-state index in [1.807, 2.05) is 0 Å². The van der Waals surface area contributed by atoms with Crippen molar-refractivity contribution in [3.05, 3.63) is 0 Å². The third-order valence-electron chi connectivity index (χ3n) is 0.317. The number of aliphatic hydroxyl groups excluding tert-OH is 1. The molecule has 0 atom stereocenters. The van der Waals surface area contributed by atoms with Gasteiger partial charge in [-0.25, -0.2) is 0 Å². The molecule has 42 valence electrons. The molecule has 0 heterocycles. The van der Waals surface area contributed by atoms with E-state index < -0.39 is 5.97 Å². The first-order valence-corrected chi connectivity index (χ1v) is 2.83. The zero-order chi connectivity index (χ0) is 5.70. The van der Waals surface area contributed by atoms with Gasteiger partial charge in [0.2, 0.25) is 0 Å². The second kappa shape index (κ2) is 3.95. The average molecular weight is 122 g/mol. The highest BCUT2D eigenvalue weighted by atomic mass is 32.2. The van der Waals surface area contributed by atoms with Gasteiger partial charge in [0, 0.05) is 0 Å². The van der Waals surface area contributed by atoms with E-state index in [0.29, 0.717) is 0 Å². The topological polar surface area (TPSA) is 57.5 Å². The van der Waals surface area contributed by atoms with Gasteiger partial charge < -0.3 is 10.2 Å². The van der Waals surface area contributed by atoms with Crippen LogP contribution in [0.5, 0.6) is 0 Å². The number of thioether (sulfide) groups is 1. The van der Waals surface area contributed by atoms with Gasteiger partial charge >= 0.3 is 5.97 Å². The van der Waals surface area contributed by atoms with Gasteiger partial charge in [-0.3, -0.25) is 4.79 Å². The average Bonchev–Trinajstić information content (AvgIpc) is 1.61. The SMILES string of the molecule is O=C(O)CSCO. The fourth-order valence-electron chi connectivity index (χ4n) is 0.133. The minimum atomic E-state index is -0.890. The molecular weight excluding hydrogens is 116 g/mol. The quantitative estimate of drug-likeness (QED) is 0.507. The maximum atomic E-state index is 9.63. The van der Waals surface area contributed by atoms with Crippen molar-refractivity contribution in [3.63, 3.8) is 0 Å². The Morgan fingerprint density at radius 2 is 2.29 bits per heavy atom. The van der Waals surface area contributed by atoms with E-state index in [0.717, 1.165) is 11.8 Å². The van der Waals surface area contributed by atoms with Crippen LogP contribution in [0.25, 0.3) is 0 Å². The van der Waals surface area contributed by atoms with Crippen LogP contribution < -0.4 is 0 Å². The molecule has 0 aromatic carbocycles. The number of aliphatic carboxylic acids is 1. The van der Waals surface area contributed by atoms with E-state index in [1.54, 1.807) is 0 Å². The third-order valence-corrected chi connectivity index (χ3v) is 0.950. The van der Waals surface area contributed by atoms with E-state index in [-0.39, 0.29) is 11.7 Å². The molecule has 0 aliphatic rings. The van der Waals surface area contributed by atoms with Crippen molar-refractivity contribution in [2.24, 2.45) is 0 Å². The highest BCUT2D eigenvalue weighted by Crippen LogP contribution is 1.93. The standard InChI is InChI=1S/C3H6O3S/c4-2-7-1-3(5)6/h4H,1-2H2,(H,5,6). The van der Waals surface area contributed by atoms with Crippen LogP contribution in [-0.2, 0) is 4.79 Å². The normalized spacial score (nSPS) is 8.71. The molecule has 2 N–H and O–H groups in total. The van der Waals surface area contributed by atoms with Gasteiger partial charge in [-0.15, -0.1) is 11.8 Å². The van der Waals surface area contributed by atoms with Crippen LogP contribution >= 0.6 is 11.8 Å². The van der Waals surface area contributed by atoms with Crippen LogP contribution in [0.2, 0.25) is 0 Å². The summed E-state index contributed by atoms with van der Waals surface area (Å²) < 4.78 is 0. The Labute approximate surface area is 45.3 Å². The molecule has 0 amide bonds. The molecule has 0 rings (SSSR count). The smallest absolute Gasteiger partial charge is 0.313 e. The van der Waals surface area contributed by atoms with Crippen molar-refractivity contribution in [2.75, 3.05) is 11.7 Å². The first-order chi connectivity index (χ1) is 3.27. The Hall–Kier alpha value is -0.220. The maximum absolute atomic E-state index is 9.63. The molecule has 0 aromatic heterocycles. The van der Waals surface area contributed by atoms with Crippen molar-refractivity contribution in [2.45, 2.75) is 0 Å². The monoisotopic (exact) mass is 122 g/mol. The molecule has 0 aliphatic heterocycles. The minimum Gasteiger partial charge on any atom is -0.481 e. The predicted molar refractivity (Wildman–Crippen MR) is 27.2 cm³/mol. The number of aliphatic hydroxyl groups is 1. The van der Waals surface area contributed by atoms with Crippen molar-refractivity contribution in [3.8, 4) is 0 Å². The van der Waals surface area contributed by atoms with Crippen LogP contribution in [0, 0.1) is 0 Å². The Morgan fingerprint density at radius 1 is 1.71 bits per heavy atom. The van der Waals surface area contributed by atoms with E-state index in [4.69, 9.17) is 10.2 Å². The number of carboxylic acid groups (broad SMARTS) is 1. The summed E-state index contributed by atoms with van der Waals surface area (Å²) in [7, 11) is 0. The summed E-state index contributed by atoms with van der Waals surface area (Å²) in [5, 5.41) is 15.9. The lowest BCUT2D eigenvalue weighted by molar-refractivity contribution is -0.133. The fraction of sp³-hybridized carbons (Fsp3) is 0.667. The lowest BCUT2D eigenvalue weighted by Gasteiger charge is -1.85. The number of carboxylic acids is 1. The molecule has 0 aromatic rings. The first kappa shape index (κ1) is 6.78. The van der Waals surface area contributed by atoms with E-state index in [2.05, 4.69) is 0 Å². The maximum Gasteiger partial charge on any atom is 0.313 e. The summed E-state index contributed by atoms with van der Waals surface area (Å²) >= 11 is 0.972. The fourth-order valence-corrected chi connectivity index (χ4v) is 0.399. The number of carbonyl (C=O) groups is 1. The second-order valence-electron chi connectivity index (χ2n) is 0.871. The molecule has 0 saturated carbocycles. The summed E-state index contributed by atoms with van der Waals surface area (Å²) in [6.07, 6.45) is 0. The predicted octanol–water partition coefficient (Wildman–Crippen LogP) is -0.246. The number of hydrogen-bond acceptors (Lipinski definition) is 3. The Balaban J connectivity index is 2.82. The Bertz CT molecular complexity index is 63.2. The van der Waals surface area contributed by atoms with Gasteiger partial charge in [0.15, 0.2) is 0 Å². The number of hydrogen-bond donors (Lipinski definition) is 2. The minimum absolute atomic E-state index is 0.0174. The van der Waals surface area contributed by atoms with Crippen molar-refractivity contribution >= 4 is 17.7 Å². The van der Waals surface area contributed by atoms with Crippen LogP contribution in [0.15, 0.2) is 0 Å². The van der Waals surface area contributed by atoms with E-state index >= 15 is 0 Å². The largest absolute Gasteiger partial charge is 0.481 e. The summed E-state index contributed by atoms with van der Waals surface area (Å²) in [6.45, 7) is 0. The molecule has 0 aliphatic carbocycles. The van der Waals surface area contributed by atoms with Gasteiger partial charge in [-0.05, 0) is 0 Å². The van der Waals surface area contributed by atoms with Gasteiger partial charge in [0.25, 0.3) is 0 Å². The summed E-state index contributed by atoms with van der Waals surface area (Å²) in [6, 6.07) is 0. The van der Waals surface area contributed by atoms with Crippen molar-refractivity contribution in [1.82, 2.24) is 0 Å². The molecule has 0 saturated heterocycles. The molecule has 0 fully saturated rings. The van der Waals surface area contributed by atoms with Crippen molar-refractivity contribution in [1.29, 1.82) is 0 Å². The lowest BCUT2D eigenvalue weighted by Crippen LogP contribution is -1.97. The van der Waals surface area contributed by atoms with E-state index in [1.165, 1.54) is 0 Å². The zero-order valence-corrected chi connectivity index (χ0v) is 4.44. The molecule has 0 bridgehead atoms. The van der Waals surface area contributed by atoms with E-state index in [9.17, 15) is 4.79 Å². The molecule has 3 nitrogen and oxygen atoms in total. The van der Waals surface area contributed by atoms with Gasteiger partial charge in [0.05, 0.1) is 11.7 Å². The van der Waals surface area contributed by atoms with Crippen LogP contribution in [0.4, 0.5) is 0 Å². The first-order valence-electron chi connectivity index (χ1n) is 1.67. The van der Waals surface area contributed by atoms with Crippen molar-refractivity contribution < 1.29 is 15.0 Å². The highest BCUT2D eigenvalue weighted by Gasteiger charge is 1.91. The summed E-state index contributed by atoms with van der Waals surface area (Å²) in [5.74, 6) is -1.03. The van der Waals surface area contributed by atoms with Gasteiger partial charge in [-0.1, -0.05) is 0 Å². The molecule has 0 radical (unpaired) electrons. The van der Waals surface area contributed by atoms with Crippen LogP contribution in [0.1, 0.15) is 0 Å². The second-order valence-corrected chi connectivity index (χ2v) is 1.83. The lowest BCUT2D eigenvalue weighted by atomic mass is 10.8.